The number of aromatic amines is 1. The molecule has 0 aliphatic rings. The Morgan fingerprint density at radius 2 is 2.21 bits per heavy atom. The van der Waals surface area contributed by atoms with Crippen LogP contribution in [0, 0.1) is 6.92 Å². The lowest BCUT2D eigenvalue weighted by atomic mass is 10.1. The molecule has 0 saturated carbocycles. The zero-order chi connectivity index (χ0) is 14.0. The van der Waals surface area contributed by atoms with E-state index in [0.29, 0.717) is 12.2 Å². The van der Waals surface area contributed by atoms with E-state index >= 15 is 0 Å². The van der Waals surface area contributed by atoms with Crippen LogP contribution in [0.4, 0.5) is 5.69 Å². The van der Waals surface area contributed by atoms with Crippen molar-refractivity contribution in [1.82, 2.24) is 15.5 Å². The number of halogens is 2. The number of carbonyl (C=O) groups excluding carboxylic acids is 1. The molecule has 1 heterocycles. The fourth-order valence-corrected chi connectivity index (χ4v) is 2.02. The van der Waals surface area contributed by atoms with Crippen molar-refractivity contribution in [1.29, 1.82) is 0 Å². The van der Waals surface area contributed by atoms with Crippen LogP contribution in [0.15, 0.2) is 18.3 Å². The summed E-state index contributed by atoms with van der Waals surface area (Å²) in [5, 5.41) is 9.86. The highest BCUT2D eigenvalue weighted by Crippen LogP contribution is 2.28. The van der Waals surface area contributed by atoms with Crippen LogP contribution < -0.4 is 11.1 Å². The Hall–Kier alpha value is -1.72. The summed E-state index contributed by atoms with van der Waals surface area (Å²) in [4.78, 5) is 12.0. The number of H-pyrrole nitrogens is 1. The van der Waals surface area contributed by atoms with Gasteiger partial charge in [0.15, 0.2) is 0 Å². The van der Waals surface area contributed by atoms with Gasteiger partial charge in [-0.25, -0.2) is 0 Å². The second-order valence-electron chi connectivity index (χ2n) is 4.07. The average molecular weight is 299 g/mol. The molecule has 4 N–H and O–H groups in total. The number of carbonyl (C=O) groups is 1. The summed E-state index contributed by atoms with van der Waals surface area (Å²) in [5.74, 6) is -0.334. The molecule has 2 rings (SSSR count). The molecular weight excluding hydrogens is 287 g/mol. The lowest BCUT2D eigenvalue weighted by molar-refractivity contribution is 0.0951. The quantitative estimate of drug-likeness (QED) is 0.761. The van der Waals surface area contributed by atoms with E-state index < -0.39 is 0 Å². The number of nitrogens with one attached hydrogen (secondary N) is 2. The van der Waals surface area contributed by atoms with Crippen LogP contribution in [0.3, 0.4) is 0 Å². The first-order chi connectivity index (χ1) is 8.99. The minimum absolute atomic E-state index is 0.192. The molecule has 1 aromatic heterocycles. The monoisotopic (exact) mass is 298 g/mol. The van der Waals surface area contributed by atoms with Crippen molar-refractivity contribution in [2.45, 2.75) is 13.5 Å². The van der Waals surface area contributed by atoms with Gasteiger partial charge in [-0.15, -0.1) is 0 Å². The SMILES string of the molecule is Cc1[nH]ncc1CNC(=O)c1cc(N)cc(Cl)c1Cl. The fourth-order valence-electron chi connectivity index (χ4n) is 1.60. The molecule has 0 bridgehead atoms. The van der Waals surface area contributed by atoms with Crippen molar-refractivity contribution in [3.63, 3.8) is 0 Å². The number of aromatic nitrogens is 2. The predicted molar refractivity (Wildman–Crippen MR) is 75.4 cm³/mol. The van der Waals surface area contributed by atoms with E-state index in [9.17, 15) is 4.79 Å². The molecule has 100 valence electrons. The second kappa shape index (κ2) is 5.50. The predicted octanol–water partition coefficient (Wildman–Crippen LogP) is 2.54. The van der Waals surface area contributed by atoms with Crippen LogP contribution in [0.2, 0.25) is 10.0 Å². The number of hydrogen-bond acceptors (Lipinski definition) is 3. The largest absolute Gasteiger partial charge is 0.399 e. The van der Waals surface area contributed by atoms with Gasteiger partial charge >= 0.3 is 0 Å². The molecule has 1 aromatic carbocycles. The Bertz CT molecular complexity index is 624. The number of amides is 1. The summed E-state index contributed by atoms with van der Waals surface area (Å²) in [7, 11) is 0. The Morgan fingerprint density at radius 1 is 1.47 bits per heavy atom. The molecule has 0 unspecified atom stereocenters. The number of hydrogen-bond donors (Lipinski definition) is 3. The van der Waals surface area contributed by atoms with Crippen LogP contribution in [0.25, 0.3) is 0 Å². The number of aryl methyl sites for hydroxylation is 1. The molecule has 7 heteroatoms. The van der Waals surface area contributed by atoms with Crippen LogP contribution >= 0.6 is 23.2 Å². The number of rotatable bonds is 3. The first-order valence-electron chi connectivity index (χ1n) is 5.50. The van der Waals surface area contributed by atoms with Gasteiger partial charge in [-0.2, -0.15) is 5.10 Å². The fraction of sp³-hybridized carbons (Fsp3) is 0.167. The average Bonchev–Trinajstić information content (AvgIpc) is 2.76. The van der Waals surface area contributed by atoms with Crippen molar-refractivity contribution in [3.05, 3.63) is 45.2 Å². The maximum absolute atomic E-state index is 12.0. The molecule has 5 nitrogen and oxygen atoms in total. The van der Waals surface area contributed by atoms with E-state index in [1.807, 2.05) is 6.92 Å². The highest BCUT2D eigenvalue weighted by molar-refractivity contribution is 6.44. The van der Waals surface area contributed by atoms with E-state index in [1.54, 1.807) is 6.20 Å². The molecule has 0 atom stereocenters. The van der Waals surface area contributed by atoms with Crippen molar-refractivity contribution in [2.75, 3.05) is 5.73 Å². The molecule has 0 radical (unpaired) electrons. The lowest BCUT2D eigenvalue weighted by Crippen LogP contribution is -2.23. The summed E-state index contributed by atoms with van der Waals surface area (Å²) in [5.41, 5.74) is 8.09. The molecule has 0 spiro atoms. The minimum atomic E-state index is -0.334. The number of nitrogens with zero attached hydrogens (tertiary/aromatic N) is 1. The number of anilines is 1. The maximum atomic E-state index is 12.0. The topological polar surface area (TPSA) is 83.8 Å². The lowest BCUT2D eigenvalue weighted by Gasteiger charge is -2.08. The van der Waals surface area contributed by atoms with Crippen molar-refractivity contribution >= 4 is 34.8 Å². The molecule has 0 saturated heterocycles. The first kappa shape index (κ1) is 13.7. The van der Waals surface area contributed by atoms with Crippen molar-refractivity contribution in [2.24, 2.45) is 0 Å². The first-order valence-corrected chi connectivity index (χ1v) is 6.26. The van der Waals surface area contributed by atoms with E-state index in [2.05, 4.69) is 15.5 Å². The summed E-state index contributed by atoms with van der Waals surface area (Å²) in [6, 6.07) is 2.99. The molecule has 0 aliphatic heterocycles. The molecular formula is C12H12Cl2N4O. The van der Waals surface area contributed by atoms with Gasteiger partial charge in [-0.05, 0) is 19.1 Å². The van der Waals surface area contributed by atoms with Crippen LogP contribution in [-0.4, -0.2) is 16.1 Å². The summed E-state index contributed by atoms with van der Waals surface area (Å²) in [6.45, 7) is 2.22. The van der Waals surface area contributed by atoms with Crippen molar-refractivity contribution < 1.29 is 4.79 Å². The molecule has 1 amide bonds. The van der Waals surface area contributed by atoms with Gasteiger partial charge in [-0.1, -0.05) is 23.2 Å². The van der Waals surface area contributed by atoms with Gasteiger partial charge < -0.3 is 11.1 Å². The van der Waals surface area contributed by atoms with E-state index in [-0.39, 0.29) is 21.5 Å². The van der Waals surface area contributed by atoms with Crippen LogP contribution in [0.1, 0.15) is 21.6 Å². The van der Waals surface area contributed by atoms with Gasteiger partial charge in [0, 0.05) is 23.5 Å². The molecule has 0 aliphatic carbocycles. The second-order valence-corrected chi connectivity index (χ2v) is 4.85. The molecule has 0 fully saturated rings. The van der Waals surface area contributed by atoms with Gasteiger partial charge in [-0.3, -0.25) is 9.89 Å². The molecule has 19 heavy (non-hydrogen) atoms. The van der Waals surface area contributed by atoms with Gasteiger partial charge in [0.25, 0.3) is 5.91 Å². The number of nitrogen functional groups attached to an aromatic ring is 1. The summed E-state index contributed by atoms with van der Waals surface area (Å²) in [6.07, 6.45) is 1.66. The van der Waals surface area contributed by atoms with E-state index in [0.717, 1.165) is 11.3 Å². The zero-order valence-corrected chi connectivity index (χ0v) is 11.6. The van der Waals surface area contributed by atoms with Gasteiger partial charge in [0.05, 0.1) is 21.8 Å². The Morgan fingerprint density at radius 3 is 2.84 bits per heavy atom. The highest BCUT2D eigenvalue weighted by atomic mass is 35.5. The van der Waals surface area contributed by atoms with Gasteiger partial charge in [0.1, 0.15) is 0 Å². The van der Waals surface area contributed by atoms with Crippen LogP contribution in [-0.2, 0) is 6.54 Å². The number of nitrogens with two attached hydrogens (primary N) is 1. The van der Waals surface area contributed by atoms with E-state index in [1.165, 1.54) is 12.1 Å². The van der Waals surface area contributed by atoms with Gasteiger partial charge in [0.2, 0.25) is 0 Å². The molecule has 2 aromatic rings. The smallest absolute Gasteiger partial charge is 0.253 e. The Kier molecular flexibility index (Phi) is 3.97. The number of benzene rings is 1. The third-order valence-electron chi connectivity index (χ3n) is 2.67. The third-order valence-corrected chi connectivity index (χ3v) is 3.47. The maximum Gasteiger partial charge on any atom is 0.253 e. The third kappa shape index (κ3) is 3.00. The van der Waals surface area contributed by atoms with Crippen LogP contribution in [0.5, 0.6) is 0 Å². The standard InChI is InChI=1S/C12H12Cl2N4O/c1-6-7(5-17-18-6)4-16-12(19)9-2-8(15)3-10(13)11(9)14/h2-3,5H,4,15H2,1H3,(H,16,19)(H,17,18). The normalized spacial score (nSPS) is 10.5. The minimum Gasteiger partial charge on any atom is -0.399 e. The Labute approximate surface area is 120 Å². The Balaban J connectivity index is 2.15. The summed E-state index contributed by atoms with van der Waals surface area (Å²) >= 11 is 11.9. The highest BCUT2D eigenvalue weighted by Gasteiger charge is 2.14. The zero-order valence-electron chi connectivity index (χ0n) is 10.1. The summed E-state index contributed by atoms with van der Waals surface area (Å²) < 4.78 is 0. The van der Waals surface area contributed by atoms with Crippen molar-refractivity contribution in [3.8, 4) is 0 Å². The van der Waals surface area contributed by atoms with E-state index in [4.69, 9.17) is 28.9 Å².